The average molecular weight is 140 g/mol. The summed E-state index contributed by atoms with van der Waals surface area (Å²) in [5.41, 5.74) is 0. The Labute approximate surface area is 60.0 Å². The third kappa shape index (κ3) is 1.17. The second-order valence-electron chi connectivity index (χ2n) is 2.48. The van der Waals surface area contributed by atoms with Gasteiger partial charge in [0.1, 0.15) is 0 Å². The monoisotopic (exact) mass is 140 g/mol. The van der Waals surface area contributed by atoms with E-state index in [4.69, 9.17) is 0 Å². The first-order chi connectivity index (χ1) is 4.75. The third-order valence-electron chi connectivity index (χ3n) is 1.75. The van der Waals surface area contributed by atoms with Crippen molar-refractivity contribution in [2.75, 3.05) is 6.54 Å². The van der Waals surface area contributed by atoms with E-state index in [2.05, 4.69) is 0 Å². The molecule has 1 rings (SSSR count). The molecule has 1 aliphatic heterocycles. The molecule has 0 aromatic heterocycles. The van der Waals surface area contributed by atoms with Gasteiger partial charge >= 0.3 is 0 Å². The Morgan fingerprint density at radius 2 is 2.40 bits per heavy atom. The molecule has 0 aliphatic carbocycles. The molecule has 3 nitrogen and oxygen atoms in total. The number of carbonyl (C=O) groups excluding carboxylic acids is 2. The van der Waals surface area contributed by atoms with Crippen LogP contribution in [0.4, 0.5) is 0 Å². The first-order valence-corrected chi connectivity index (χ1v) is 3.43. The summed E-state index contributed by atoms with van der Waals surface area (Å²) in [6, 6.07) is -0.352. The van der Waals surface area contributed by atoms with E-state index >= 15 is 0 Å². The maximum atomic E-state index is 10.9. The van der Waals surface area contributed by atoms with Crippen molar-refractivity contribution in [1.29, 1.82) is 0 Å². The second kappa shape index (κ2) is 2.82. The number of amides is 1. The molecule has 1 fully saturated rings. The van der Waals surface area contributed by atoms with E-state index in [9.17, 15) is 9.59 Å². The molecule has 0 bridgehead atoms. The normalized spacial score (nSPS) is 21.3. The fraction of sp³-hybridized carbons (Fsp3) is 0.714. The second-order valence-corrected chi connectivity index (χ2v) is 2.48. The highest BCUT2D eigenvalue weighted by atomic mass is 16.2. The van der Waals surface area contributed by atoms with Crippen molar-refractivity contribution in [2.24, 2.45) is 0 Å². The predicted octanol–water partition coefficient (Wildman–Crippen LogP) is 0.107. The van der Waals surface area contributed by atoms with Crippen LogP contribution in [-0.2, 0) is 9.59 Å². The van der Waals surface area contributed by atoms with Crippen LogP contribution in [0.2, 0.25) is 0 Å². The Morgan fingerprint density at radius 1 is 1.70 bits per heavy atom. The zero-order chi connectivity index (χ0) is 7.56. The van der Waals surface area contributed by atoms with E-state index in [-0.39, 0.29) is 11.9 Å². The Bertz CT molecular complexity index is 156. The summed E-state index contributed by atoms with van der Waals surface area (Å²) < 4.78 is 0. The standard InChI is InChI=1S/C7H10NO2/c1-6(5-9)8-4-2-3-7(8)10/h6H,2-4H2,1H3. The van der Waals surface area contributed by atoms with Gasteiger partial charge in [-0.15, -0.1) is 0 Å². The van der Waals surface area contributed by atoms with Crippen molar-refractivity contribution >= 4 is 12.2 Å². The Hall–Kier alpha value is -0.860. The molecule has 55 valence electrons. The van der Waals surface area contributed by atoms with Crippen LogP contribution >= 0.6 is 0 Å². The van der Waals surface area contributed by atoms with Crippen LogP contribution in [0.3, 0.4) is 0 Å². The first-order valence-electron chi connectivity index (χ1n) is 3.43. The van der Waals surface area contributed by atoms with Gasteiger partial charge in [0.05, 0.1) is 6.04 Å². The molecular weight excluding hydrogens is 130 g/mol. The van der Waals surface area contributed by atoms with Gasteiger partial charge in [-0.05, 0) is 13.3 Å². The van der Waals surface area contributed by atoms with E-state index in [1.54, 1.807) is 18.1 Å². The summed E-state index contributed by atoms with van der Waals surface area (Å²) >= 11 is 0. The highest BCUT2D eigenvalue weighted by Crippen LogP contribution is 2.11. The van der Waals surface area contributed by atoms with E-state index in [1.807, 2.05) is 0 Å². The zero-order valence-electron chi connectivity index (χ0n) is 5.96. The summed E-state index contributed by atoms with van der Waals surface area (Å²) in [5, 5.41) is 0. The van der Waals surface area contributed by atoms with Crippen LogP contribution in [0.25, 0.3) is 0 Å². The van der Waals surface area contributed by atoms with Gasteiger partial charge in [-0.3, -0.25) is 9.59 Å². The molecule has 1 saturated heterocycles. The zero-order valence-corrected chi connectivity index (χ0v) is 5.96. The van der Waals surface area contributed by atoms with Gasteiger partial charge in [0.15, 0.2) is 0 Å². The largest absolute Gasteiger partial charge is 0.332 e. The van der Waals surface area contributed by atoms with Crippen molar-refractivity contribution in [2.45, 2.75) is 25.8 Å². The van der Waals surface area contributed by atoms with Crippen LogP contribution in [-0.4, -0.2) is 29.7 Å². The molecule has 1 heterocycles. The molecule has 10 heavy (non-hydrogen) atoms. The quantitative estimate of drug-likeness (QED) is 0.545. The minimum Gasteiger partial charge on any atom is -0.332 e. The number of nitrogens with zero attached hydrogens (tertiary/aromatic N) is 1. The van der Waals surface area contributed by atoms with E-state index in [0.717, 1.165) is 13.0 Å². The smallest absolute Gasteiger partial charge is 0.223 e. The Kier molecular flexibility index (Phi) is 2.04. The molecule has 0 spiro atoms. The van der Waals surface area contributed by atoms with Gasteiger partial charge in [-0.25, -0.2) is 0 Å². The highest BCUT2D eigenvalue weighted by molar-refractivity contribution is 5.81. The molecular formula is C7H10NO2. The molecule has 1 unspecified atom stereocenters. The number of likely N-dealkylation sites (tertiary alicyclic amines) is 1. The lowest BCUT2D eigenvalue weighted by Crippen LogP contribution is -2.34. The van der Waals surface area contributed by atoms with Crippen molar-refractivity contribution in [1.82, 2.24) is 4.90 Å². The van der Waals surface area contributed by atoms with Crippen LogP contribution in [0.15, 0.2) is 0 Å². The van der Waals surface area contributed by atoms with Crippen LogP contribution in [0.1, 0.15) is 19.8 Å². The first kappa shape index (κ1) is 7.25. The van der Waals surface area contributed by atoms with Crippen molar-refractivity contribution in [3.63, 3.8) is 0 Å². The van der Waals surface area contributed by atoms with Gasteiger partial charge in [-0.2, -0.15) is 0 Å². The maximum absolute atomic E-state index is 10.9. The predicted molar refractivity (Wildman–Crippen MR) is 36.1 cm³/mol. The lowest BCUT2D eigenvalue weighted by atomic mass is 10.3. The Balaban J connectivity index is 2.54. The lowest BCUT2D eigenvalue weighted by Gasteiger charge is -2.17. The minimum absolute atomic E-state index is 0.0795. The molecule has 0 aromatic carbocycles. The van der Waals surface area contributed by atoms with Gasteiger partial charge < -0.3 is 4.90 Å². The highest BCUT2D eigenvalue weighted by Gasteiger charge is 2.24. The van der Waals surface area contributed by atoms with Crippen molar-refractivity contribution in [3.05, 3.63) is 0 Å². The molecule has 0 saturated carbocycles. The summed E-state index contributed by atoms with van der Waals surface area (Å²) in [6.45, 7) is 2.41. The third-order valence-corrected chi connectivity index (χ3v) is 1.75. The van der Waals surface area contributed by atoms with E-state index in [1.165, 1.54) is 0 Å². The summed E-state index contributed by atoms with van der Waals surface area (Å²) in [6.07, 6.45) is 3.26. The number of hydrogen-bond acceptors (Lipinski definition) is 2. The SMILES string of the molecule is CC([C]=O)N1CCCC1=O. The molecule has 1 atom stereocenters. The number of rotatable bonds is 2. The molecule has 1 amide bonds. The fourth-order valence-electron chi connectivity index (χ4n) is 1.14. The summed E-state index contributed by atoms with van der Waals surface area (Å²) in [5.74, 6) is 0.0795. The molecule has 1 aliphatic rings. The van der Waals surface area contributed by atoms with Crippen LogP contribution in [0.5, 0.6) is 0 Å². The molecule has 0 N–H and O–H groups in total. The summed E-state index contributed by atoms with van der Waals surface area (Å²) in [4.78, 5) is 22.6. The number of hydrogen-bond donors (Lipinski definition) is 0. The average Bonchev–Trinajstić information content (AvgIpc) is 2.34. The fourth-order valence-corrected chi connectivity index (χ4v) is 1.14. The molecule has 0 aromatic rings. The lowest BCUT2D eigenvalue weighted by molar-refractivity contribution is -0.128. The van der Waals surface area contributed by atoms with E-state index in [0.29, 0.717) is 6.42 Å². The van der Waals surface area contributed by atoms with Crippen LogP contribution in [0, 0.1) is 0 Å². The van der Waals surface area contributed by atoms with Gasteiger partial charge in [0, 0.05) is 13.0 Å². The van der Waals surface area contributed by atoms with E-state index < -0.39 is 0 Å². The Morgan fingerprint density at radius 3 is 2.80 bits per heavy atom. The number of carbonyl (C=O) groups is 1. The van der Waals surface area contributed by atoms with Gasteiger partial charge in [0.2, 0.25) is 12.2 Å². The minimum atomic E-state index is -0.352. The summed E-state index contributed by atoms with van der Waals surface area (Å²) in [7, 11) is 0. The van der Waals surface area contributed by atoms with Crippen LogP contribution < -0.4 is 0 Å². The van der Waals surface area contributed by atoms with Crippen molar-refractivity contribution in [3.8, 4) is 0 Å². The molecule has 3 heteroatoms. The topological polar surface area (TPSA) is 37.4 Å². The molecule has 1 radical (unpaired) electrons. The van der Waals surface area contributed by atoms with Crippen molar-refractivity contribution < 1.29 is 9.59 Å². The van der Waals surface area contributed by atoms with Gasteiger partial charge in [-0.1, -0.05) is 0 Å². The van der Waals surface area contributed by atoms with Gasteiger partial charge in [0.25, 0.3) is 0 Å². The maximum Gasteiger partial charge on any atom is 0.223 e.